The normalized spacial score (nSPS) is 10.4. The molecule has 0 radical (unpaired) electrons. The van der Waals surface area contributed by atoms with Crippen LogP contribution < -0.4 is 5.32 Å². The highest BCUT2D eigenvalue weighted by atomic mass is 79.9. The molecule has 0 fully saturated rings. The van der Waals surface area contributed by atoms with Crippen molar-refractivity contribution in [2.75, 3.05) is 6.61 Å². The first kappa shape index (κ1) is 18.8. The average Bonchev–Trinajstić information content (AvgIpc) is 3.08. The lowest BCUT2D eigenvalue weighted by Crippen LogP contribution is -2.28. The highest BCUT2D eigenvalue weighted by molar-refractivity contribution is 9.10. The van der Waals surface area contributed by atoms with Gasteiger partial charge in [0, 0.05) is 12.1 Å². The lowest BCUT2D eigenvalue weighted by molar-refractivity contribution is -0.124. The van der Waals surface area contributed by atoms with Crippen molar-refractivity contribution in [2.24, 2.45) is 0 Å². The van der Waals surface area contributed by atoms with Gasteiger partial charge in [0.2, 0.25) is 0 Å². The number of ether oxygens (including phenoxy) is 1. The molecule has 0 aliphatic heterocycles. The Hall–Kier alpha value is -2.93. The molecule has 1 aromatic heterocycles. The molecule has 2 N–H and O–H groups in total. The minimum Gasteiger partial charge on any atom is -0.451 e. The average molecular weight is 428 g/mol. The van der Waals surface area contributed by atoms with E-state index in [4.69, 9.17) is 4.74 Å². The Morgan fingerprint density at radius 1 is 1.11 bits per heavy atom. The van der Waals surface area contributed by atoms with Crippen LogP contribution in [0.4, 0.5) is 0 Å². The smallest absolute Gasteiger partial charge is 0.358 e. The van der Waals surface area contributed by atoms with Gasteiger partial charge in [-0.25, -0.2) is 4.79 Å². The molecule has 0 atom stereocenters. The van der Waals surface area contributed by atoms with Crippen LogP contribution in [0, 0.1) is 6.92 Å². The highest BCUT2D eigenvalue weighted by Crippen LogP contribution is 2.28. The molecule has 2 aromatic carbocycles. The number of carbonyl (C=O) groups excluding carboxylic acids is 2. The summed E-state index contributed by atoms with van der Waals surface area (Å²) >= 11 is 3.37. The van der Waals surface area contributed by atoms with E-state index >= 15 is 0 Å². The molecule has 7 heteroatoms. The third-order valence-corrected chi connectivity index (χ3v) is 4.67. The molecular weight excluding hydrogens is 410 g/mol. The van der Waals surface area contributed by atoms with E-state index in [9.17, 15) is 9.59 Å². The maximum atomic E-state index is 12.2. The molecule has 1 heterocycles. The van der Waals surface area contributed by atoms with E-state index in [0.29, 0.717) is 16.7 Å². The third-order valence-electron chi connectivity index (χ3n) is 3.90. The zero-order valence-electron chi connectivity index (χ0n) is 14.7. The molecule has 0 aliphatic rings. The van der Waals surface area contributed by atoms with Gasteiger partial charge in [0.15, 0.2) is 12.3 Å². The van der Waals surface area contributed by atoms with Crippen LogP contribution in [-0.2, 0) is 16.1 Å². The minimum atomic E-state index is -0.651. The topological polar surface area (TPSA) is 84.1 Å². The molecule has 1 amide bonds. The van der Waals surface area contributed by atoms with Gasteiger partial charge in [-0.1, -0.05) is 60.2 Å². The summed E-state index contributed by atoms with van der Waals surface area (Å²) in [6, 6.07) is 17.3. The van der Waals surface area contributed by atoms with Gasteiger partial charge < -0.3 is 10.1 Å². The van der Waals surface area contributed by atoms with E-state index in [1.165, 1.54) is 0 Å². The lowest BCUT2D eigenvalue weighted by Gasteiger charge is -2.06. The molecule has 6 nitrogen and oxygen atoms in total. The number of rotatable bonds is 6. The largest absolute Gasteiger partial charge is 0.451 e. The van der Waals surface area contributed by atoms with Gasteiger partial charge in [0.25, 0.3) is 5.91 Å². The van der Waals surface area contributed by atoms with Crippen LogP contribution in [0.5, 0.6) is 0 Å². The predicted molar refractivity (Wildman–Crippen MR) is 105 cm³/mol. The molecule has 3 rings (SSSR count). The fraction of sp³-hybridized carbons (Fsp3) is 0.150. The first-order valence-electron chi connectivity index (χ1n) is 8.33. The first-order chi connectivity index (χ1) is 13.0. The number of halogens is 1. The van der Waals surface area contributed by atoms with E-state index in [1.807, 2.05) is 61.5 Å². The van der Waals surface area contributed by atoms with Gasteiger partial charge in [0.05, 0.1) is 4.47 Å². The van der Waals surface area contributed by atoms with Crippen LogP contribution in [0.2, 0.25) is 0 Å². The van der Waals surface area contributed by atoms with Gasteiger partial charge in [-0.2, -0.15) is 5.10 Å². The van der Waals surface area contributed by atoms with Crippen molar-refractivity contribution in [3.05, 3.63) is 75.9 Å². The lowest BCUT2D eigenvalue weighted by atomic mass is 10.1. The highest BCUT2D eigenvalue weighted by Gasteiger charge is 2.20. The van der Waals surface area contributed by atoms with E-state index in [2.05, 4.69) is 31.4 Å². The molecule has 0 bridgehead atoms. The summed E-state index contributed by atoms with van der Waals surface area (Å²) in [5, 5.41) is 9.52. The Labute approximate surface area is 165 Å². The van der Waals surface area contributed by atoms with E-state index in [-0.39, 0.29) is 18.2 Å². The molecule has 0 spiro atoms. The number of esters is 1. The summed E-state index contributed by atoms with van der Waals surface area (Å²) in [5.41, 5.74) is 3.75. The fourth-order valence-electron chi connectivity index (χ4n) is 2.41. The van der Waals surface area contributed by atoms with Crippen LogP contribution in [-0.4, -0.2) is 28.7 Å². The standard InChI is InChI=1S/C20H18BrN3O3/c1-13-7-9-14(10-8-13)11-22-16(25)12-27-20(26)19-17(21)18(23-24-19)15-5-3-2-4-6-15/h2-10H,11-12H2,1H3,(H,22,25)(H,23,24). The van der Waals surface area contributed by atoms with Crippen molar-refractivity contribution in [2.45, 2.75) is 13.5 Å². The van der Waals surface area contributed by atoms with E-state index < -0.39 is 5.97 Å². The van der Waals surface area contributed by atoms with Crippen molar-refractivity contribution < 1.29 is 14.3 Å². The maximum absolute atomic E-state index is 12.2. The Bertz CT molecular complexity index is 937. The molecular formula is C20H18BrN3O3. The van der Waals surface area contributed by atoms with Gasteiger partial charge >= 0.3 is 5.97 Å². The van der Waals surface area contributed by atoms with Crippen molar-refractivity contribution in [3.63, 3.8) is 0 Å². The molecule has 138 valence electrons. The SMILES string of the molecule is Cc1ccc(CNC(=O)COC(=O)c2[nH]nc(-c3ccccc3)c2Br)cc1. The minimum absolute atomic E-state index is 0.167. The molecule has 27 heavy (non-hydrogen) atoms. The number of aromatic amines is 1. The number of nitrogens with one attached hydrogen (secondary N) is 2. The molecule has 0 aliphatic carbocycles. The quantitative estimate of drug-likeness (QED) is 0.588. The second-order valence-electron chi connectivity index (χ2n) is 5.97. The van der Waals surface area contributed by atoms with Gasteiger partial charge in [0.1, 0.15) is 5.69 Å². The summed E-state index contributed by atoms with van der Waals surface area (Å²) in [5.74, 6) is -1.02. The number of nitrogens with zero attached hydrogens (tertiary/aromatic N) is 1. The summed E-state index contributed by atoms with van der Waals surface area (Å²) in [6.07, 6.45) is 0. The van der Waals surface area contributed by atoms with Crippen molar-refractivity contribution in [1.82, 2.24) is 15.5 Å². The number of amides is 1. The number of aryl methyl sites for hydroxylation is 1. The summed E-state index contributed by atoms with van der Waals surface area (Å²) in [6.45, 7) is 2.01. The number of benzene rings is 2. The van der Waals surface area contributed by atoms with Crippen LogP contribution in [0.3, 0.4) is 0 Å². The maximum Gasteiger partial charge on any atom is 0.358 e. The molecule has 3 aromatic rings. The molecule has 0 saturated heterocycles. The summed E-state index contributed by atoms with van der Waals surface area (Å²) in [4.78, 5) is 24.1. The third kappa shape index (κ3) is 4.83. The van der Waals surface area contributed by atoms with Crippen molar-refractivity contribution in [3.8, 4) is 11.3 Å². The van der Waals surface area contributed by atoms with Gasteiger partial charge in [-0.05, 0) is 28.4 Å². The zero-order valence-corrected chi connectivity index (χ0v) is 16.2. The monoisotopic (exact) mass is 427 g/mol. The van der Waals surface area contributed by atoms with Gasteiger partial charge in [-0.3, -0.25) is 9.89 Å². The first-order valence-corrected chi connectivity index (χ1v) is 9.12. The molecule has 0 unspecified atom stereocenters. The Balaban J connectivity index is 1.54. The number of hydrogen-bond acceptors (Lipinski definition) is 4. The molecule has 0 saturated carbocycles. The number of carbonyl (C=O) groups is 2. The van der Waals surface area contributed by atoms with Crippen LogP contribution in [0.25, 0.3) is 11.3 Å². The number of H-pyrrole nitrogens is 1. The predicted octanol–water partition coefficient (Wildman–Crippen LogP) is 3.62. The van der Waals surface area contributed by atoms with Crippen LogP contribution in [0.15, 0.2) is 59.1 Å². The van der Waals surface area contributed by atoms with Crippen LogP contribution in [0.1, 0.15) is 21.6 Å². The van der Waals surface area contributed by atoms with Crippen LogP contribution >= 0.6 is 15.9 Å². The number of aromatic nitrogens is 2. The second kappa shape index (κ2) is 8.64. The Morgan fingerprint density at radius 3 is 2.52 bits per heavy atom. The summed E-state index contributed by atoms with van der Waals surface area (Å²) < 4.78 is 5.57. The van der Waals surface area contributed by atoms with Crippen molar-refractivity contribution >= 4 is 27.8 Å². The fourth-order valence-corrected chi connectivity index (χ4v) is 2.98. The summed E-state index contributed by atoms with van der Waals surface area (Å²) in [7, 11) is 0. The van der Waals surface area contributed by atoms with Gasteiger partial charge in [-0.15, -0.1) is 0 Å². The van der Waals surface area contributed by atoms with E-state index in [0.717, 1.165) is 16.7 Å². The second-order valence-corrected chi connectivity index (χ2v) is 6.76. The zero-order chi connectivity index (χ0) is 19.2. The van der Waals surface area contributed by atoms with Crippen molar-refractivity contribution in [1.29, 1.82) is 0 Å². The number of hydrogen-bond donors (Lipinski definition) is 2. The Morgan fingerprint density at radius 2 is 1.81 bits per heavy atom. The van der Waals surface area contributed by atoms with E-state index in [1.54, 1.807) is 0 Å². The Kier molecular flexibility index (Phi) is 6.03.